The van der Waals surface area contributed by atoms with Gasteiger partial charge in [-0.3, -0.25) is 14.4 Å². The van der Waals surface area contributed by atoms with Crippen molar-refractivity contribution in [2.45, 2.75) is 68.7 Å². The van der Waals surface area contributed by atoms with E-state index in [0.717, 1.165) is 11.4 Å². The highest BCUT2D eigenvalue weighted by Crippen LogP contribution is 2.66. The van der Waals surface area contributed by atoms with E-state index < -0.39 is 33.4 Å². The van der Waals surface area contributed by atoms with Crippen LogP contribution in [0.1, 0.15) is 41.0 Å². The van der Waals surface area contributed by atoms with Crippen LogP contribution in [0.25, 0.3) is 0 Å². The van der Waals surface area contributed by atoms with Crippen LogP contribution in [0.5, 0.6) is 5.75 Å². The average Bonchev–Trinajstić information content (AvgIpc) is 3.17. The molecule has 0 aromatic heterocycles. The average molecular weight is 554 g/mol. The van der Waals surface area contributed by atoms with Crippen molar-refractivity contribution in [2.24, 2.45) is 11.8 Å². The van der Waals surface area contributed by atoms with Gasteiger partial charge in [-0.15, -0.1) is 11.8 Å². The Bertz CT molecular complexity index is 1200. The maximum absolute atomic E-state index is 14.5. The molecule has 3 amide bonds. The fourth-order valence-corrected chi connectivity index (χ4v) is 9.02. The van der Waals surface area contributed by atoms with Crippen molar-refractivity contribution in [3.8, 4) is 5.75 Å². The second-order valence-electron chi connectivity index (χ2n) is 11.3. The van der Waals surface area contributed by atoms with E-state index in [9.17, 15) is 19.5 Å². The van der Waals surface area contributed by atoms with Crippen molar-refractivity contribution < 1.29 is 24.2 Å². The summed E-state index contributed by atoms with van der Waals surface area (Å²) in [5, 5.41) is 10.3. The van der Waals surface area contributed by atoms with Crippen LogP contribution in [0.4, 0.5) is 5.69 Å². The molecule has 4 heterocycles. The Morgan fingerprint density at radius 3 is 2.31 bits per heavy atom. The van der Waals surface area contributed by atoms with Gasteiger partial charge in [-0.2, -0.15) is 0 Å². The third-order valence-electron chi connectivity index (χ3n) is 8.68. The summed E-state index contributed by atoms with van der Waals surface area (Å²) in [6.45, 7) is 11.0. The molecule has 9 heteroatoms. The van der Waals surface area contributed by atoms with E-state index in [0.29, 0.717) is 26.1 Å². The van der Waals surface area contributed by atoms with Crippen molar-refractivity contribution >= 4 is 35.2 Å². The topological polar surface area (TPSA) is 90.4 Å². The number of hydrogen-bond donors (Lipinski definition) is 1. The Labute approximate surface area is 235 Å². The number of aliphatic hydroxyl groups excluding tert-OH is 1. The molecular formula is C30H39N3O5S. The molecule has 1 aromatic carbocycles. The quantitative estimate of drug-likeness (QED) is 0.522. The van der Waals surface area contributed by atoms with E-state index in [1.807, 2.05) is 77.1 Å². The number of hydrogen-bond acceptors (Lipinski definition) is 6. The van der Waals surface area contributed by atoms with Gasteiger partial charge in [0.2, 0.25) is 17.7 Å². The molecule has 4 aliphatic heterocycles. The van der Waals surface area contributed by atoms with Crippen molar-refractivity contribution in [2.75, 3.05) is 31.2 Å². The van der Waals surface area contributed by atoms with Crippen LogP contribution >= 0.6 is 11.8 Å². The van der Waals surface area contributed by atoms with Gasteiger partial charge in [0.05, 0.1) is 35.8 Å². The van der Waals surface area contributed by atoms with Crippen LogP contribution in [0, 0.1) is 11.8 Å². The number of aliphatic hydroxyl groups is 1. The Hall–Kier alpha value is -2.78. The van der Waals surface area contributed by atoms with Crippen LogP contribution in [0.3, 0.4) is 0 Å². The van der Waals surface area contributed by atoms with Crippen molar-refractivity contribution in [3.63, 3.8) is 0 Å². The predicted octanol–water partition coefficient (Wildman–Crippen LogP) is 3.25. The lowest BCUT2D eigenvalue weighted by Crippen LogP contribution is -2.57. The van der Waals surface area contributed by atoms with Crippen LogP contribution in [-0.4, -0.2) is 86.6 Å². The van der Waals surface area contributed by atoms with Gasteiger partial charge in [-0.25, -0.2) is 0 Å². The first-order valence-electron chi connectivity index (χ1n) is 14.0. The van der Waals surface area contributed by atoms with Gasteiger partial charge in [0.15, 0.2) is 0 Å². The number of thioether (sulfide) groups is 1. The molecule has 0 bridgehead atoms. The highest BCUT2D eigenvalue weighted by atomic mass is 32.2. The molecule has 39 heavy (non-hydrogen) atoms. The summed E-state index contributed by atoms with van der Waals surface area (Å²) in [7, 11) is 0. The van der Waals surface area contributed by atoms with Crippen LogP contribution in [0.15, 0.2) is 48.6 Å². The van der Waals surface area contributed by atoms with Gasteiger partial charge in [-0.1, -0.05) is 31.2 Å². The lowest BCUT2D eigenvalue weighted by Gasteiger charge is -2.40. The molecule has 0 saturated carbocycles. The second kappa shape index (κ2) is 10.3. The van der Waals surface area contributed by atoms with E-state index in [-0.39, 0.29) is 30.4 Å². The maximum atomic E-state index is 14.5. The number of benzene rings is 1. The minimum atomic E-state index is -0.915. The van der Waals surface area contributed by atoms with Crippen molar-refractivity contribution in [1.29, 1.82) is 0 Å². The number of carbonyl (C=O) groups excluding carboxylic acids is 3. The number of anilines is 1. The molecule has 0 radical (unpaired) electrons. The first kappa shape index (κ1) is 27.8. The standard InChI is InChI=1S/C30H39N3O5S/c1-6-20(18-34)33-25-28(37)31(19(3)4)16-9-15-30(25)24(27(33)36)23-26(35)32(17-8-14-29(23,5)39-30)21-10-12-22(13-11-21)38-7-2/h8-15,19-20,23-25,34H,6-7,16-18H2,1-5H3/t20-,23-,24-,25?,29+,30-/m0/s1. The predicted molar refractivity (Wildman–Crippen MR) is 153 cm³/mol. The molecular weight excluding hydrogens is 514 g/mol. The van der Waals surface area contributed by atoms with Gasteiger partial charge >= 0.3 is 0 Å². The van der Waals surface area contributed by atoms with E-state index in [1.165, 1.54) is 0 Å². The van der Waals surface area contributed by atoms with E-state index in [4.69, 9.17) is 4.74 Å². The zero-order valence-corrected chi connectivity index (χ0v) is 24.2. The molecule has 1 aromatic rings. The molecule has 6 atom stereocenters. The van der Waals surface area contributed by atoms with E-state index in [2.05, 4.69) is 6.08 Å². The first-order chi connectivity index (χ1) is 18.6. The highest BCUT2D eigenvalue weighted by molar-refractivity contribution is 8.02. The van der Waals surface area contributed by atoms with Gasteiger partial charge in [0.1, 0.15) is 11.8 Å². The summed E-state index contributed by atoms with van der Waals surface area (Å²) in [5.74, 6) is -1.14. The molecule has 2 saturated heterocycles. The van der Waals surface area contributed by atoms with Crippen LogP contribution in [0.2, 0.25) is 0 Å². The molecule has 0 aliphatic carbocycles. The molecule has 4 aliphatic rings. The molecule has 2 fully saturated rings. The monoisotopic (exact) mass is 553 g/mol. The van der Waals surface area contributed by atoms with Gasteiger partial charge in [-0.05, 0) is 58.4 Å². The van der Waals surface area contributed by atoms with E-state index in [1.54, 1.807) is 26.5 Å². The minimum Gasteiger partial charge on any atom is -0.494 e. The lowest BCUT2D eigenvalue weighted by atomic mass is 9.74. The highest BCUT2D eigenvalue weighted by Gasteiger charge is 2.74. The van der Waals surface area contributed by atoms with Gasteiger partial charge < -0.3 is 24.5 Å². The largest absolute Gasteiger partial charge is 0.494 e. The summed E-state index contributed by atoms with van der Waals surface area (Å²) in [6.07, 6.45) is 8.59. The Kier molecular flexibility index (Phi) is 7.35. The first-order valence-corrected chi connectivity index (χ1v) is 14.8. The third-order valence-corrected chi connectivity index (χ3v) is 10.5. The Morgan fingerprint density at radius 1 is 1.00 bits per heavy atom. The van der Waals surface area contributed by atoms with Crippen molar-refractivity contribution in [1.82, 2.24) is 9.80 Å². The SMILES string of the molecule is CCOc1ccc(N2CC=C[C@@]3(C)S[C@]45C=CCN(C(C)C)C(=O)C4N([C@@H](CC)CO)C(=O)[C@@H]5[C@H]3C2=O)cc1. The fraction of sp³-hybridized carbons (Fsp3) is 0.567. The van der Waals surface area contributed by atoms with E-state index >= 15 is 0 Å². The van der Waals surface area contributed by atoms with Gasteiger partial charge in [0.25, 0.3) is 0 Å². The summed E-state index contributed by atoms with van der Waals surface area (Å²) < 4.78 is 3.99. The Balaban J connectivity index is 1.62. The molecule has 1 spiro atoms. The normalized spacial score (nSPS) is 32.7. The lowest BCUT2D eigenvalue weighted by molar-refractivity contribution is -0.146. The zero-order chi connectivity index (χ0) is 28.1. The number of rotatable bonds is 7. The van der Waals surface area contributed by atoms with Crippen molar-refractivity contribution in [3.05, 3.63) is 48.6 Å². The minimum absolute atomic E-state index is 0.0494. The second-order valence-corrected chi connectivity index (χ2v) is 13.0. The fourth-order valence-electron chi connectivity index (χ4n) is 6.87. The zero-order valence-electron chi connectivity index (χ0n) is 23.4. The van der Waals surface area contributed by atoms with Gasteiger partial charge in [0, 0.05) is 29.6 Å². The summed E-state index contributed by atoms with van der Waals surface area (Å²) in [4.78, 5) is 48.3. The number of carbonyl (C=O) groups is 3. The number of ether oxygens (including phenoxy) is 1. The molecule has 5 rings (SSSR count). The summed E-state index contributed by atoms with van der Waals surface area (Å²) in [5.41, 5.74) is 0.738. The molecule has 1 unspecified atom stereocenters. The summed E-state index contributed by atoms with van der Waals surface area (Å²) in [6, 6.07) is 6.11. The van der Waals surface area contributed by atoms with Crippen LogP contribution < -0.4 is 9.64 Å². The molecule has 210 valence electrons. The maximum Gasteiger partial charge on any atom is 0.247 e. The third kappa shape index (κ3) is 4.20. The number of fused-ring (bicyclic) bond motifs is 2. The Morgan fingerprint density at radius 2 is 1.69 bits per heavy atom. The number of nitrogens with zero attached hydrogens (tertiary/aromatic N) is 3. The molecule has 1 N–H and O–H groups in total. The number of amides is 3. The molecule has 8 nitrogen and oxygen atoms in total. The summed E-state index contributed by atoms with van der Waals surface area (Å²) >= 11 is 1.57. The smallest absolute Gasteiger partial charge is 0.247 e. The van der Waals surface area contributed by atoms with Crippen LogP contribution in [-0.2, 0) is 14.4 Å². The number of likely N-dealkylation sites (tertiary alicyclic amines) is 1.